The molecular formula is C22H36N2O5S. The zero-order valence-corrected chi connectivity index (χ0v) is 20.2. The molecule has 7 nitrogen and oxygen atoms in total. The number of nitrogen functional groups attached to an aromatic ring is 1. The average molecular weight is 441 g/mol. The maximum absolute atomic E-state index is 12.6. The maximum Gasteiger partial charge on any atom is 0.419 e. The van der Waals surface area contributed by atoms with Gasteiger partial charge in [-0.15, -0.1) is 0 Å². The van der Waals surface area contributed by atoms with Crippen molar-refractivity contribution in [2.24, 2.45) is 0 Å². The number of nitrogens with zero attached hydrogens (tertiary/aromatic N) is 1. The lowest BCUT2D eigenvalue weighted by Gasteiger charge is -2.29. The van der Waals surface area contributed by atoms with E-state index in [-0.39, 0.29) is 12.5 Å². The molecule has 1 unspecified atom stereocenters. The molecule has 0 saturated carbocycles. The van der Waals surface area contributed by atoms with E-state index in [0.717, 1.165) is 16.0 Å². The summed E-state index contributed by atoms with van der Waals surface area (Å²) in [4.78, 5) is 26.3. The van der Waals surface area contributed by atoms with E-state index < -0.39 is 34.6 Å². The highest BCUT2D eigenvalue weighted by Crippen LogP contribution is 2.27. The third-order valence-corrected chi connectivity index (χ3v) is 4.79. The van der Waals surface area contributed by atoms with Gasteiger partial charge in [-0.3, -0.25) is 0 Å². The van der Waals surface area contributed by atoms with Crippen LogP contribution in [0.3, 0.4) is 0 Å². The first-order valence-electron chi connectivity index (χ1n) is 10.0. The van der Waals surface area contributed by atoms with Crippen molar-refractivity contribution in [2.75, 3.05) is 18.5 Å². The van der Waals surface area contributed by atoms with Crippen LogP contribution >= 0.6 is 0 Å². The van der Waals surface area contributed by atoms with Gasteiger partial charge >= 0.3 is 12.2 Å². The van der Waals surface area contributed by atoms with E-state index in [0.29, 0.717) is 17.9 Å². The Hall–Kier alpha value is -1.93. The molecule has 1 aromatic carbocycles. The smallest absolute Gasteiger partial charge is 0.419 e. The molecule has 8 heteroatoms. The molecule has 0 saturated heterocycles. The number of ether oxygens (including phenoxy) is 2. The summed E-state index contributed by atoms with van der Waals surface area (Å²) < 4.78 is 22.5. The number of rotatable bonds is 6. The summed E-state index contributed by atoms with van der Waals surface area (Å²) in [5.74, 6) is 0.392. The van der Waals surface area contributed by atoms with Crippen molar-refractivity contribution in [2.45, 2.75) is 77.8 Å². The zero-order chi connectivity index (χ0) is 23.3. The van der Waals surface area contributed by atoms with Crippen molar-refractivity contribution < 1.29 is 23.6 Å². The monoisotopic (exact) mass is 440 g/mol. The molecule has 1 aromatic rings. The Kier molecular flexibility index (Phi) is 9.05. The largest absolute Gasteiger partial charge is 0.616 e. The fourth-order valence-corrected chi connectivity index (χ4v) is 3.51. The minimum Gasteiger partial charge on any atom is -0.616 e. The Morgan fingerprint density at radius 2 is 1.60 bits per heavy atom. The quantitative estimate of drug-likeness (QED) is 0.502. The molecule has 1 rings (SSSR count). The number of nitrogens with two attached hydrogens (primary N) is 1. The van der Waals surface area contributed by atoms with Crippen LogP contribution in [0.4, 0.5) is 15.3 Å². The number of benzene rings is 1. The number of anilines is 1. The van der Waals surface area contributed by atoms with Crippen LogP contribution in [0.2, 0.25) is 0 Å². The van der Waals surface area contributed by atoms with Gasteiger partial charge in [0.05, 0.1) is 6.26 Å². The number of imide groups is 1. The molecule has 2 amide bonds. The predicted molar refractivity (Wildman–Crippen MR) is 121 cm³/mol. The highest BCUT2D eigenvalue weighted by molar-refractivity contribution is 7.89. The van der Waals surface area contributed by atoms with Crippen LogP contribution in [-0.2, 0) is 26.4 Å². The lowest BCUT2D eigenvalue weighted by Crippen LogP contribution is -2.44. The van der Waals surface area contributed by atoms with Crippen LogP contribution in [0, 0.1) is 0 Å². The van der Waals surface area contributed by atoms with Gasteiger partial charge in [0, 0.05) is 17.8 Å². The molecular weight excluding hydrogens is 404 g/mol. The Bertz CT molecular complexity index is 710. The van der Waals surface area contributed by atoms with Crippen molar-refractivity contribution in [1.82, 2.24) is 4.90 Å². The SMILES string of the molecule is C[C@@H](CCN(C(=O)OC(C)(C)C)C(=O)OC(C)(C)C)c1ccc(N)cc1C[S+](C)[O-]. The molecule has 2 atom stereocenters. The Labute approximate surface area is 183 Å². The first-order valence-corrected chi connectivity index (χ1v) is 11.7. The lowest BCUT2D eigenvalue weighted by atomic mass is 9.93. The number of hydrogen-bond donors (Lipinski definition) is 1. The maximum atomic E-state index is 12.6. The van der Waals surface area contributed by atoms with Crippen LogP contribution in [0.25, 0.3) is 0 Å². The number of hydrogen-bond acceptors (Lipinski definition) is 6. The first kappa shape index (κ1) is 26.1. The summed E-state index contributed by atoms with van der Waals surface area (Å²) in [7, 11) is 0. The topological polar surface area (TPSA) is 105 Å². The standard InChI is InChI=1S/C22H36N2O5S/c1-15(18-10-9-17(23)13-16(18)14-30(8)27)11-12-24(19(25)28-21(2,3)4)20(26)29-22(5,6)7/h9-10,13,15H,11-12,14,23H2,1-8H3/t15-,30?/m0/s1. The predicted octanol–water partition coefficient (Wildman–Crippen LogP) is 4.81. The molecule has 0 radical (unpaired) electrons. The molecule has 0 aliphatic heterocycles. The van der Waals surface area contributed by atoms with Gasteiger partial charge < -0.3 is 19.8 Å². The van der Waals surface area contributed by atoms with E-state index in [4.69, 9.17) is 15.2 Å². The van der Waals surface area contributed by atoms with E-state index in [2.05, 4.69) is 0 Å². The van der Waals surface area contributed by atoms with Gasteiger partial charge in [-0.05, 0) is 71.6 Å². The summed E-state index contributed by atoms with van der Waals surface area (Å²) in [5, 5.41) is 0. The summed E-state index contributed by atoms with van der Waals surface area (Å²) in [6, 6.07) is 5.54. The molecule has 0 aliphatic carbocycles. The van der Waals surface area contributed by atoms with E-state index in [1.165, 1.54) is 0 Å². The van der Waals surface area contributed by atoms with Crippen molar-refractivity contribution >= 4 is 29.0 Å². The molecule has 0 bridgehead atoms. The number of carbonyl (C=O) groups excluding carboxylic acids is 2. The van der Waals surface area contributed by atoms with Gasteiger partial charge in [-0.1, -0.05) is 24.2 Å². The van der Waals surface area contributed by atoms with Crippen LogP contribution < -0.4 is 5.73 Å². The van der Waals surface area contributed by atoms with Crippen molar-refractivity contribution in [1.29, 1.82) is 0 Å². The fraction of sp³-hybridized carbons (Fsp3) is 0.636. The molecule has 0 spiro atoms. The third-order valence-electron chi connectivity index (χ3n) is 4.07. The van der Waals surface area contributed by atoms with Crippen LogP contribution in [0.1, 0.15) is 71.9 Å². The van der Waals surface area contributed by atoms with Crippen LogP contribution in [0.5, 0.6) is 0 Å². The highest BCUT2D eigenvalue weighted by atomic mass is 32.2. The van der Waals surface area contributed by atoms with Gasteiger partial charge in [-0.25, -0.2) is 14.5 Å². The van der Waals surface area contributed by atoms with Crippen molar-refractivity contribution in [3.63, 3.8) is 0 Å². The van der Waals surface area contributed by atoms with Crippen molar-refractivity contribution in [3.8, 4) is 0 Å². The summed E-state index contributed by atoms with van der Waals surface area (Å²) in [6.07, 6.45) is 0.656. The van der Waals surface area contributed by atoms with Crippen LogP contribution in [0.15, 0.2) is 18.2 Å². The van der Waals surface area contributed by atoms with Gasteiger partial charge in [-0.2, -0.15) is 0 Å². The zero-order valence-electron chi connectivity index (χ0n) is 19.4. The molecule has 0 aromatic heterocycles. The Morgan fingerprint density at radius 3 is 2.03 bits per heavy atom. The van der Waals surface area contributed by atoms with Gasteiger partial charge in [0.25, 0.3) is 0 Å². The second-order valence-electron chi connectivity index (χ2n) is 9.48. The summed E-state index contributed by atoms with van der Waals surface area (Å²) in [5.41, 5.74) is 6.92. The van der Waals surface area contributed by atoms with E-state index in [1.54, 1.807) is 53.9 Å². The Morgan fingerprint density at radius 1 is 1.10 bits per heavy atom. The van der Waals surface area contributed by atoms with Crippen molar-refractivity contribution in [3.05, 3.63) is 29.3 Å². The second-order valence-corrected chi connectivity index (χ2v) is 10.9. The molecule has 2 N–H and O–H groups in total. The number of carbonyl (C=O) groups is 2. The third kappa shape index (κ3) is 9.26. The minimum absolute atomic E-state index is 0.00322. The Balaban J connectivity index is 3.02. The molecule has 0 aliphatic rings. The lowest BCUT2D eigenvalue weighted by molar-refractivity contribution is 0.00106. The van der Waals surface area contributed by atoms with Gasteiger partial charge in [0.15, 0.2) is 0 Å². The average Bonchev–Trinajstić information content (AvgIpc) is 2.50. The van der Waals surface area contributed by atoms with Crippen LogP contribution in [-0.4, -0.2) is 45.6 Å². The number of amides is 2. The fourth-order valence-electron chi connectivity index (χ4n) is 2.82. The first-order chi connectivity index (χ1) is 13.6. The van der Waals surface area contributed by atoms with Gasteiger partial charge in [0.1, 0.15) is 17.0 Å². The highest BCUT2D eigenvalue weighted by Gasteiger charge is 2.31. The van der Waals surface area contributed by atoms with Gasteiger partial charge in [0.2, 0.25) is 0 Å². The van der Waals surface area contributed by atoms with E-state index >= 15 is 0 Å². The van der Waals surface area contributed by atoms with E-state index in [9.17, 15) is 14.1 Å². The summed E-state index contributed by atoms with van der Waals surface area (Å²) >= 11 is -1.02. The van der Waals surface area contributed by atoms with E-state index in [1.807, 2.05) is 19.1 Å². The normalized spacial score (nSPS) is 14.0. The molecule has 0 fully saturated rings. The summed E-state index contributed by atoms with van der Waals surface area (Å²) in [6.45, 7) is 12.6. The minimum atomic E-state index is -1.02. The molecule has 0 heterocycles. The second kappa shape index (κ2) is 10.4. The molecule has 30 heavy (non-hydrogen) atoms. The molecule has 170 valence electrons.